The average molecular weight is 309 g/mol. The number of nitrogens with zero attached hydrogens (tertiary/aromatic N) is 6. The van der Waals surface area contributed by atoms with Crippen LogP contribution in [0.5, 0.6) is 0 Å². The van der Waals surface area contributed by atoms with Crippen LogP contribution >= 0.6 is 0 Å². The number of halogens is 1. The van der Waals surface area contributed by atoms with E-state index in [2.05, 4.69) is 25.5 Å². The first-order valence-corrected chi connectivity index (χ1v) is 6.91. The van der Waals surface area contributed by atoms with Crippen LogP contribution in [0, 0.1) is 5.82 Å². The largest absolute Gasteiger partial charge is 0.321 e. The molecule has 8 heteroatoms. The van der Waals surface area contributed by atoms with Gasteiger partial charge in [0.15, 0.2) is 5.65 Å². The minimum atomic E-state index is -0.293. The van der Waals surface area contributed by atoms with Crippen molar-refractivity contribution in [3.05, 3.63) is 54.9 Å². The van der Waals surface area contributed by atoms with Crippen molar-refractivity contribution in [2.75, 3.05) is 5.32 Å². The minimum Gasteiger partial charge on any atom is -0.321 e. The van der Waals surface area contributed by atoms with Crippen molar-refractivity contribution >= 4 is 22.7 Å². The first kappa shape index (κ1) is 13.4. The number of anilines is 2. The predicted octanol–water partition coefficient (Wildman–Crippen LogP) is 2.43. The molecule has 0 fully saturated rings. The maximum atomic E-state index is 13.1. The Morgan fingerprint density at radius 2 is 1.87 bits per heavy atom. The Kier molecular flexibility index (Phi) is 3.00. The molecule has 23 heavy (non-hydrogen) atoms. The van der Waals surface area contributed by atoms with Gasteiger partial charge in [0, 0.05) is 19.4 Å². The maximum Gasteiger partial charge on any atom is 0.229 e. The Hall–Kier alpha value is -3.29. The Morgan fingerprint density at radius 1 is 1.04 bits per heavy atom. The summed E-state index contributed by atoms with van der Waals surface area (Å²) >= 11 is 0. The fourth-order valence-electron chi connectivity index (χ4n) is 2.26. The lowest BCUT2D eigenvalue weighted by Gasteiger charge is -2.04. The molecule has 0 radical (unpaired) electrons. The van der Waals surface area contributed by atoms with Crippen molar-refractivity contribution in [3.8, 4) is 5.69 Å². The van der Waals surface area contributed by atoms with Crippen LogP contribution in [0.1, 0.15) is 0 Å². The zero-order valence-electron chi connectivity index (χ0n) is 12.2. The molecule has 1 aromatic carbocycles. The third kappa shape index (κ3) is 2.50. The summed E-state index contributed by atoms with van der Waals surface area (Å²) in [4.78, 5) is 8.75. The van der Waals surface area contributed by atoms with Gasteiger partial charge >= 0.3 is 0 Å². The predicted molar refractivity (Wildman–Crippen MR) is 83.1 cm³/mol. The molecule has 4 rings (SSSR count). The molecule has 7 nitrogen and oxygen atoms in total. The highest BCUT2D eigenvalue weighted by Crippen LogP contribution is 2.19. The number of rotatable bonds is 3. The summed E-state index contributed by atoms with van der Waals surface area (Å²) in [7, 11) is 1.83. The highest BCUT2D eigenvalue weighted by molar-refractivity contribution is 5.76. The maximum absolute atomic E-state index is 13.1. The fraction of sp³-hybridized carbons (Fsp3) is 0.0667. The second-order valence-electron chi connectivity index (χ2n) is 5.03. The van der Waals surface area contributed by atoms with E-state index in [-0.39, 0.29) is 5.82 Å². The normalized spacial score (nSPS) is 11.0. The molecular weight excluding hydrogens is 297 g/mol. The van der Waals surface area contributed by atoms with Crippen molar-refractivity contribution in [2.24, 2.45) is 7.05 Å². The molecular formula is C15H12FN7. The van der Waals surface area contributed by atoms with Crippen LogP contribution in [0.25, 0.3) is 16.7 Å². The minimum absolute atomic E-state index is 0.293. The molecule has 1 N–H and O–H groups in total. The van der Waals surface area contributed by atoms with Crippen molar-refractivity contribution in [1.29, 1.82) is 0 Å². The van der Waals surface area contributed by atoms with Gasteiger partial charge in [-0.2, -0.15) is 15.2 Å². The number of benzene rings is 1. The number of nitrogens with one attached hydrogen (secondary N) is 1. The van der Waals surface area contributed by atoms with Crippen LogP contribution in [-0.2, 0) is 7.05 Å². The Bertz CT molecular complexity index is 971. The number of aryl methyl sites for hydroxylation is 1. The van der Waals surface area contributed by atoms with E-state index in [1.54, 1.807) is 40.1 Å². The molecule has 0 unspecified atom stereocenters. The van der Waals surface area contributed by atoms with Crippen LogP contribution in [-0.4, -0.2) is 29.5 Å². The standard InChI is InChI=1S/C15H12FN7/c1-22-9-12(8-18-22)20-15-17-6-10-7-19-23(14(10)21-15)13-4-2-11(16)3-5-13/h2-9H,1H3,(H,17,20,21). The van der Waals surface area contributed by atoms with Gasteiger partial charge in [-0.25, -0.2) is 14.1 Å². The molecule has 0 bridgehead atoms. The summed E-state index contributed by atoms with van der Waals surface area (Å²) in [6, 6.07) is 6.08. The second kappa shape index (κ2) is 5.16. The lowest BCUT2D eigenvalue weighted by molar-refractivity contribution is 0.627. The van der Waals surface area contributed by atoms with E-state index in [9.17, 15) is 4.39 Å². The van der Waals surface area contributed by atoms with Crippen molar-refractivity contribution < 1.29 is 4.39 Å². The Labute approximate surface area is 130 Å². The van der Waals surface area contributed by atoms with Gasteiger partial charge < -0.3 is 5.32 Å². The highest BCUT2D eigenvalue weighted by Gasteiger charge is 2.09. The van der Waals surface area contributed by atoms with E-state index in [1.165, 1.54) is 12.1 Å². The molecule has 0 saturated carbocycles. The Morgan fingerprint density at radius 3 is 2.61 bits per heavy atom. The van der Waals surface area contributed by atoms with E-state index in [0.29, 0.717) is 11.6 Å². The topological polar surface area (TPSA) is 73.5 Å². The number of fused-ring (bicyclic) bond motifs is 1. The van der Waals surface area contributed by atoms with Gasteiger partial charge in [0.05, 0.1) is 29.2 Å². The van der Waals surface area contributed by atoms with E-state index >= 15 is 0 Å². The lowest BCUT2D eigenvalue weighted by Crippen LogP contribution is -2.01. The molecule has 0 aliphatic carbocycles. The van der Waals surface area contributed by atoms with E-state index in [1.807, 2.05) is 13.2 Å². The van der Waals surface area contributed by atoms with Crippen molar-refractivity contribution in [2.45, 2.75) is 0 Å². The van der Waals surface area contributed by atoms with Gasteiger partial charge in [-0.1, -0.05) is 0 Å². The molecule has 0 spiro atoms. The van der Waals surface area contributed by atoms with Crippen molar-refractivity contribution in [1.82, 2.24) is 29.5 Å². The number of aromatic nitrogens is 6. The Balaban J connectivity index is 1.75. The van der Waals surface area contributed by atoms with Gasteiger partial charge in [-0.15, -0.1) is 0 Å². The average Bonchev–Trinajstić information content (AvgIpc) is 3.14. The summed E-state index contributed by atoms with van der Waals surface area (Å²) < 4.78 is 16.4. The smallest absolute Gasteiger partial charge is 0.229 e. The first-order chi connectivity index (χ1) is 11.2. The van der Waals surface area contributed by atoms with Crippen LogP contribution < -0.4 is 5.32 Å². The van der Waals surface area contributed by atoms with Crippen LogP contribution in [0.3, 0.4) is 0 Å². The second-order valence-corrected chi connectivity index (χ2v) is 5.03. The molecule has 0 aliphatic rings. The first-order valence-electron chi connectivity index (χ1n) is 6.91. The van der Waals surface area contributed by atoms with Gasteiger partial charge in [0.1, 0.15) is 5.82 Å². The molecule has 0 amide bonds. The molecule has 0 atom stereocenters. The van der Waals surface area contributed by atoms with Gasteiger partial charge in [-0.05, 0) is 24.3 Å². The molecule has 3 aromatic heterocycles. The summed E-state index contributed by atoms with van der Waals surface area (Å²) in [5.74, 6) is 0.146. The summed E-state index contributed by atoms with van der Waals surface area (Å²) in [5, 5.41) is 12.3. The SMILES string of the molecule is Cn1cc(Nc2ncc3cnn(-c4ccc(F)cc4)c3n2)cn1. The third-order valence-electron chi connectivity index (χ3n) is 3.34. The van der Waals surface area contributed by atoms with Crippen LogP contribution in [0.15, 0.2) is 49.1 Å². The van der Waals surface area contributed by atoms with Gasteiger partial charge in [-0.3, -0.25) is 4.68 Å². The number of hydrogen-bond donors (Lipinski definition) is 1. The van der Waals surface area contributed by atoms with Crippen molar-refractivity contribution in [3.63, 3.8) is 0 Å². The van der Waals surface area contributed by atoms with Crippen LogP contribution in [0.2, 0.25) is 0 Å². The molecule has 114 valence electrons. The van der Waals surface area contributed by atoms with Gasteiger partial charge in [0.2, 0.25) is 5.95 Å². The monoisotopic (exact) mass is 309 g/mol. The zero-order chi connectivity index (χ0) is 15.8. The highest BCUT2D eigenvalue weighted by atomic mass is 19.1. The number of hydrogen-bond acceptors (Lipinski definition) is 5. The summed E-state index contributed by atoms with van der Waals surface area (Å²) in [6.07, 6.45) is 6.87. The van der Waals surface area contributed by atoms with E-state index in [0.717, 1.165) is 16.8 Å². The third-order valence-corrected chi connectivity index (χ3v) is 3.34. The molecule has 3 heterocycles. The van der Waals surface area contributed by atoms with Gasteiger partial charge in [0.25, 0.3) is 0 Å². The van der Waals surface area contributed by atoms with E-state index < -0.39 is 0 Å². The quantitative estimate of drug-likeness (QED) is 0.629. The summed E-state index contributed by atoms with van der Waals surface area (Å²) in [5.41, 5.74) is 2.16. The lowest BCUT2D eigenvalue weighted by atomic mass is 10.3. The molecule has 0 aliphatic heterocycles. The van der Waals surface area contributed by atoms with Crippen LogP contribution in [0.4, 0.5) is 16.0 Å². The summed E-state index contributed by atoms with van der Waals surface area (Å²) in [6.45, 7) is 0. The molecule has 4 aromatic rings. The zero-order valence-corrected chi connectivity index (χ0v) is 12.2. The fourth-order valence-corrected chi connectivity index (χ4v) is 2.26. The van der Waals surface area contributed by atoms with E-state index in [4.69, 9.17) is 0 Å². The molecule has 0 saturated heterocycles.